The molecule has 0 radical (unpaired) electrons. The van der Waals surface area contributed by atoms with E-state index in [1.165, 1.54) is 0 Å². The second-order valence-corrected chi connectivity index (χ2v) is 4.83. The van der Waals surface area contributed by atoms with Gasteiger partial charge in [-0.15, -0.1) is 0 Å². The van der Waals surface area contributed by atoms with Crippen molar-refractivity contribution in [2.24, 2.45) is 16.7 Å². The van der Waals surface area contributed by atoms with Crippen LogP contribution >= 0.6 is 0 Å². The molecule has 4 aliphatic rings. The number of nitrogens with one attached hydrogen (secondary N) is 1. The van der Waals surface area contributed by atoms with E-state index in [9.17, 15) is 4.79 Å². The minimum absolute atomic E-state index is 0.268. The Labute approximate surface area is 71.1 Å². The Kier molecular flexibility index (Phi) is 0.971. The van der Waals surface area contributed by atoms with E-state index in [1.807, 2.05) is 0 Å². The standard InChI is InChI=1S/C9H13NO2/c11-7(12)9-3-8(4-9,5-9)6-1-10-2-6/h6,10H,1-5H2,(H,11,12). The second-order valence-electron chi connectivity index (χ2n) is 4.83. The van der Waals surface area contributed by atoms with Crippen LogP contribution in [0.3, 0.4) is 0 Å². The lowest BCUT2D eigenvalue weighted by atomic mass is 9.31. The van der Waals surface area contributed by atoms with Gasteiger partial charge in [0.15, 0.2) is 0 Å². The molecule has 2 bridgehead atoms. The third-order valence-electron chi connectivity index (χ3n) is 4.17. The summed E-state index contributed by atoms with van der Waals surface area (Å²) in [5.74, 6) is 0.232. The molecular weight excluding hydrogens is 154 g/mol. The molecule has 4 fully saturated rings. The summed E-state index contributed by atoms with van der Waals surface area (Å²) in [5.41, 5.74) is 0.194. The van der Waals surface area contributed by atoms with Gasteiger partial charge in [-0.25, -0.2) is 0 Å². The summed E-state index contributed by atoms with van der Waals surface area (Å²) in [5, 5.41) is 12.2. The van der Waals surface area contributed by atoms with Gasteiger partial charge in [0.1, 0.15) is 0 Å². The van der Waals surface area contributed by atoms with Crippen LogP contribution in [0.2, 0.25) is 0 Å². The molecule has 12 heavy (non-hydrogen) atoms. The highest BCUT2D eigenvalue weighted by molar-refractivity contribution is 5.79. The van der Waals surface area contributed by atoms with Gasteiger partial charge >= 0.3 is 5.97 Å². The lowest BCUT2D eigenvalue weighted by Crippen LogP contribution is -2.72. The molecule has 1 saturated heterocycles. The van der Waals surface area contributed by atoms with Crippen LogP contribution in [0.1, 0.15) is 19.3 Å². The van der Waals surface area contributed by atoms with Crippen LogP contribution in [0.15, 0.2) is 0 Å². The SMILES string of the molecule is O=C(O)C12CC(C3CNC3)(C1)C2. The van der Waals surface area contributed by atoms with Crippen molar-refractivity contribution >= 4 is 5.97 Å². The van der Waals surface area contributed by atoms with Crippen LogP contribution in [0, 0.1) is 16.7 Å². The van der Waals surface area contributed by atoms with E-state index in [4.69, 9.17) is 5.11 Å². The predicted octanol–water partition coefficient (Wildman–Crippen LogP) is 0.461. The first-order chi connectivity index (χ1) is 5.67. The number of hydrogen-bond acceptors (Lipinski definition) is 2. The van der Waals surface area contributed by atoms with Gasteiger partial charge in [-0.2, -0.15) is 0 Å². The summed E-state index contributed by atoms with van der Waals surface area (Å²) in [4.78, 5) is 10.8. The van der Waals surface area contributed by atoms with Crippen molar-refractivity contribution in [3.8, 4) is 0 Å². The molecule has 3 aliphatic carbocycles. The van der Waals surface area contributed by atoms with E-state index in [-0.39, 0.29) is 5.41 Å². The Morgan fingerprint density at radius 2 is 1.92 bits per heavy atom. The molecule has 0 aromatic carbocycles. The minimum atomic E-state index is -0.559. The maximum absolute atomic E-state index is 10.8. The number of hydrogen-bond donors (Lipinski definition) is 2. The molecule has 4 rings (SSSR count). The van der Waals surface area contributed by atoms with Crippen molar-refractivity contribution < 1.29 is 9.90 Å². The predicted molar refractivity (Wildman–Crippen MR) is 42.7 cm³/mol. The number of rotatable bonds is 2. The van der Waals surface area contributed by atoms with Crippen molar-refractivity contribution in [3.63, 3.8) is 0 Å². The molecule has 2 N–H and O–H groups in total. The lowest BCUT2D eigenvalue weighted by molar-refractivity contribution is -0.248. The smallest absolute Gasteiger partial charge is 0.309 e. The molecule has 3 nitrogen and oxygen atoms in total. The average Bonchev–Trinajstić information content (AvgIpc) is 1.66. The zero-order valence-corrected chi connectivity index (χ0v) is 6.97. The van der Waals surface area contributed by atoms with Crippen LogP contribution in [-0.4, -0.2) is 24.2 Å². The topological polar surface area (TPSA) is 49.3 Å². The molecule has 0 amide bonds. The maximum atomic E-state index is 10.8. The number of carboxylic acid groups (broad SMARTS) is 1. The third kappa shape index (κ3) is 0.534. The summed E-state index contributed by atoms with van der Waals surface area (Å²) < 4.78 is 0. The summed E-state index contributed by atoms with van der Waals surface area (Å²) in [6.45, 7) is 2.24. The van der Waals surface area contributed by atoms with Gasteiger partial charge in [0.05, 0.1) is 5.41 Å². The normalized spacial score (nSPS) is 50.3. The zero-order valence-electron chi connectivity index (χ0n) is 6.97. The van der Waals surface area contributed by atoms with E-state index in [1.54, 1.807) is 0 Å². The second kappa shape index (κ2) is 1.69. The molecule has 0 aromatic heterocycles. The first-order valence-corrected chi connectivity index (χ1v) is 4.61. The first kappa shape index (κ1) is 6.89. The van der Waals surface area contributed by atoms with Crippen molar-refractivity contribution in [2.45, 2.75) is 19.3 Å². The zero-order chi connectivity index (χ0) is 8.40. The lowest BCUT2D eigenvalue weighted by Gasteiger charge is -2.72. The van der Waals surface area contributed by atoms with Gasteiger partial charge in [0.25, 0.3) is 0 Å². The van der Waals surface area contributed by atoms with Gasteiger partial charge < -0.3 is 10.4 Å². The largest absolute Gasteiger partial charge is 0.481 e. The molecule has 1 aliphatic heterocycles. The van der Waals surface area contributed by atoms with Crippen molar-refractivity contribution in [1.82, 2.24) is 5.32 Å². The summed E-state index contributed by atoms with van der Waals surface area (Å²) in [6, 6.07) is 0. The Morgan fingerprint density at radius 1 is 1.33 bits per heavy atom. The van der Waals surface area contributed by atoms with Gasteiger partial charge in [-0.1, -0.05) is 0 Å². The van der Waals surface area contributed by atoms with Crippen LogP contribution in [0.25, 0.3) is 0 Å². The first-order valence-electron chi connectivity index (χ1n) is 4.61. The Hall–Kier alpha value is -0.570. The quantitative estimate of drug-likeness (QED) is 0.628. The highest BCUT2D eigenvalue weighted by Gasteiger charge is 2.74. The van der Waals surface area contributed by atoms with E-state index in [0.717, 1.165) is 38.3 Å². The summed E-state index contributed by atoms with van der Waals surface area (Å²) >= 11 is 0. The fourth-order valence-corrected chi connectivity index (χ4v) is 3.25. The van der Waals surface area contributed by atoms with Crippen molar-refractivity contribution in [3.05, 3.63) is 0 Å². The molecule has 66 valence electrons. The number of carbonyl (C=O) groups is 1. The number of carboxylic acids is 1. The van der Waals surface area contributed by atoms with E-state index in [0.29, 0.717) is 5.41 Å². The van der Waals surface area contributed by atoms with Gasteiger partial charge in [-0.3, -0.25) is 4.79 Å². The van der Waals surface area contributed by atoms with Gasteiger partial charge in [-0.05, 0) is 43.7 Å². The molecule has 0 atom stereocenters. The van der Waals surface area contributed by atoms with Crippen molar-refractivity contribution in [2.75, 3.05) is 13.1 Å². The fourth-order valence-electron chi connectivity index (χ4n) is 3.25. The van der Waals surface area contributed by atoms with E-state index in [2.05, 4.69) is 5.32 Å². The highest BCUT2D eigenvalue weighted by Crippen LogP contribution is 2.76. The number of aliphatic carboxylic acids is 1. The summed E-state index contributed by atoms with van der Waals surface area (Å²) in [6.07, 6.45) is 2.88. The average molecular weight is 167 g/mol. The van der Waals surface area contributed by atoms with Crippen LogP contribution in [-0.2, 0) is 4.79 Å². The van der Waals surface area contributed by atoms with Crippen LogP contribution < -0.4 is 5.32 Å². The van der Waals surface area contributed by atoms with Crippen LogP contribution in [0.4, 0.5) is 0 Å². The molecule has 0 unspecified atom stereocenters. The molecule has 1 heterocycles. The summed E-state index contributed by atoms with van der Waals surface area (Å²) in [7, 11) is 0. The maximum Gasteiger partial charge on any atom is 0.309 e. The molecule has 0 spiro atoms. The third-order valence-corrected chi connectivity index (χ3v) is 4.17. The molecule has 3 heteroatoms. The molecule has 0 aromatic rings. The van der Waals surface area contributed by atoms with Gasteiger partial charge in [0, 0.05) is 0 Å². The van der Waals surface area contributed by atoms with E-state index >= 15 is 0 Å². The molecular formula is C9H13NO2. The fraction of sp³-hybridized carbons (Fsp3) is 0.889. The molecule has 3 saturated carbocycles. The Bertz CT molecular complexity index is 237. The minimum Gasteiger partial charge on any atom is -0.481 e. The van der Waals surface area contributed by atoms with E-state index < -0.39 is 5.97 Å². The Balaban J connectivity index is 1.70. The van der Waals surface area contributed by atoms with Crippen molar-refractivity contribution in [1.29, 1.82) is 0 Å². The van der Waals surface area contributed by atoms with Gasteiger partial charge in [0.2, 0.25) is 0 Å². The highest BCUT2D eigenvalue weighted by atomic mass is 16.4. The Morgan fingerprint density at radius 3 is 2.25 bits per heavy atom. The van der Waals surface area contributed by atoms with Crippen LogP contribution in [0.5, 0.6) is 0 Å². The monoisotopic (exact) mass is 167 g/mol.